The van der Waals surface area contributed by atoms with Gasteiger partial charge >= 0.3 is 0 Å². The Morgan fingerprint density at radius 3 is 2.92 bits per heavy atom. The second-order valence-corrected chi connectivity index (χ2v) is 5.95. The molecule has 0 aliphatic carbocycles. The molecule has 132 valence electrons. The second kappa shape index (κ2) is 8.07. The van der Waals surface area contributed by atoms with Gasteiger partial charge in [-0.1, -0.05) is 6.58 Å². The molecule has 1 aliphatic rings. The van der Waals surface area contributed by atoms with Crippen LogP contribution in [0.1, 0.15) is 18.4 Å². The zero-order valence-electron chi connectivity index (χ0n) is 14.2. The van der Waals surface area contributed by atoms with Gasteiger partial charge in [-0.15, -0.1) is 5.10 Å². The fraction of sp³-hybridized carbons (Fsp3) is 0.278. The molecule has 0 radical (unpaired) electrons. The Labute approximate surface area is 151 Å². The number of rotatable bonds is 5. The molecule has 2 heterocycles. The monoisotopic (exact) mass is 349 g/mol. The van der Waals surface area contributed by atoms with Crippen LogP contribution >= 0.6 is 0 Å². The summed E-state index contributed by atoms with van der Waals surface area (Å²) in [6.07, 6.45) is 4.70. The minimum atomic E-state index is -0.0632. The molecule has 1 unspecified atom stereocenters. The highest BCUT2D eigenvalue weighted by Gasteiger charge is 2.22. The Balaban J connectivity index is 1.64. The molecule has 1 saturated heterocycles. The summed E-state index contributed by atoms with van der Waals surface area (Å²) in [5.41, 5.74) is 1.39. The average Bonchev–Trinajstić information content (AvgIpc) is 2.68. The zero-order valence-corrected chi connectivity index (χ0v) is 14.2. The number of nitrogens with one attached hydrogen (secondary N) is 2. The van der Waals surface area contributed by atoms with Crippen LogP contribution in [-0.4, -0.2) is 45.1 Å². The van der Waals surface area contributed by atoms with Crippen molar-refractivity contribution in [1.82, 2.24) is 20.1 Å². The number of carbonyl (C=O) groups is 1. The number of benzene rings is 1. The Kier molecular flexibility index (Phi) is 5.39. The van der Waals surface area contributed by atoms with Crippen LogP contribution in [0.4, 0.5) is 17.5 Å². The van der Waals surface area contributed by atoms with E-state index in [1.165, 1.54) is 12.3 Å². The highest BCUT2D eigenvalue weighted by atomic mass is 16.2. The topological polar surface area (TPSA) is 107 Å². The van der Waals surface area contributed by atoms with E-state index >= 15 is 0 Å². The van der Waals surface area contributed by atoms with Gasteiger partial charge in [-0.05, 0) is 43.2 Å². The Bertz CT molecular complexity index is 828. The van der Waals surface area contributed by atoms with Crippen LogP contribution in [-0.2, 0) is 4.79 Å². The van der Waals surface area contributed by atoms with E-state index < -0.39 is 0 Å². The Morgan fingerprint density at radius 2 is 2.19 bits per heavy atom. The average molecular weight is 349 g/mol. The van der Waals surface area contributed by atoms with Crippen LogP contribution in [0.3, 0.4) is 0 Å². The van der Waals surface area contributed by atoms with Crippen molar-refractivity contribution in [3.8, 4) is 6.07 Å². The predicted octanol–water partition coefficient (Wildman–Crippen LogP) is 2.08. The molecule has 0 saturated carbocycles. The van der Waals surface area contributed by atoms with Crippen molar-refractivity contribution in [3.05, 3.63) is 48.7 Å². The van der Waals surface area contributed by atoms with E-state index in [1.807, 2.05) is 0 Å². The molecule has 8 nitrogen and oxygen atoms in total. The first-order chi connectivity index (χ1) is 12.7. The van der Waals surface area contributed by atoms with Crippen molar-refractivity contribution in [2.75, 3.05) is 23.7 Å². The van der Waals surface area contributed by atoms with Crippen LogP contribution in [0.15, 0.2) is 43.1 Å². The maximum Gasteiger partial charge on any atom is 0.246 e. The number of nitrogens with zero attached hydrogens (tertiary/aromatic N) is 5. The van der Waals surface area contributed by atoms with E-state index in [0.29, 0.717) is 23.9 Å². The third kappa shape index (κ3) is 4.33. The van der Waals surface area contributed by atoms with Gasteiger partial charge < -0.3 is 15.5 Å². The molecule has 8 heteroatoms. The summed E-state index contributed by atoms with van der Waals surface area (Å²) in [6.45, 7) is 4.86. The Hall–Kier alpha value is -3.47. The summed E-state index contributed by atoms with van der Waals surface area (Å²) in [5, 5.41) is 23.2. The van der Waals surface area contributed by atoms with Crippen molar-refractivity contribution in [2.24, 2.45) is 0 Å². The number of piperidine rings is 1. The third-order valence-corrected chi connectivity index (χ3v) is 4.09. The molecule has 1 aromatic carbocycles. The highest BCUT2D eigenvalue weighted by Crippen LogP contribution is 2.17. The van der Waals surface area contributed by atoms with Crippen LogP contribution < -0.4 is 10.6 Å². The summed E-state index contributed by atoms with van der Waals surface area (Å²) < 4.78 is 0. The van der Waals surface area contributed by atoms with E-state index in [1.54, 1.807) is 29.2 Å². The quantitative estimate of drug-likeness (QED) is 0.796. The van der Waals surface area contributed by atoms with E-state index in [9.17, 15) is 4.79 Å². The first-order valence-electron chi connectivity index (χ1n) is 8.32. The van der Waals surface area contributed by atoms with Crippen molar-refractivity contribution in [1.29, 1.82) is 5.26 Å². The molecule has 2 N–H and O–H groups in total. The minimum Gasteiger partial charge on any atom is -0.348 e. The number of nitriles is 1. The van der Waals surface area contributed by atoms with Crippen LogP contribution in [0.25, 0.3) is 0 Å². The number of amides is 1. The minimum absolute atomic E-state index is 0.0632. The molecular weight excluding hydrogens is 330 g/mol. The summed E-state index contributed by atoms with van der Waals surface area (Å²) in [7, 11) is 0. The molecule has 1 atom stereocenters. The van der Waals surface area contributed by atoms with Crippen LogP contribution in [0, 0.1) is 11.3 Å². The third-order valence-electron chi connectivity index (χ3n) is 4.09. The number of carbonyl (C=O) groups excluding carboxylic acids is 1. The van der Waals surface area contributed by atoms with Gasteiger partial charge in [0.1, 0.15) is 0 Å². The molecule has 1 amide bonds. The van der Waals surface area contributed by atoms with Gasteiger partial charge in [-0.3, -0.25) is 4.79 Å². The molecule has 0 bridgehead atoms. The van der Waals surface area contributed by atoms with Gasteiger partial charge in [-0.2, -0.15) is 15.3 Å². The number of hydrogen-bond acceptors (Lipinski definition) is 7. The summed E-state index contributed by atoms with van der Waals surface area (Å²) in [4.78, 5) is 17.9. The van der Waals surface area contributed by atoms with Crippen molar-refractivity contribution >= 4 is 23.4 Å². The van der Waals surface area contributed by atoms with Gasteiger partial charge in [-0.25, -0.2) is 0 Å². The largest absolute Gasteiger partial charge is 0.348 e. The second-order valence-electron chi connectivity index (χ2n) is 5.95. The maximum absolute atomic E-state index is 11.8. The lowest BCUT2D eigenvalue weighted by Crippen LogP contribution is -2.44. The molecular formula is C18H19N7O. The lowest BCUT2D eigenvalue weighted by molar-refractivity contribution is -0.127. The van der Waals surface area contributed by atoms with Gasteiger partial charge in [0.2, 0.25) is 11.9 Å². The smallest absolute Gasteiger partial charge is 0.246 e. The first-order valence-corrected chi connectivity index (χ1v) is 8.32. The SMILES string of the molecule is C=CC(=O)N1CCCC(Nc2nncc(Nc3ccc(C#N)cc3)n2)C1. The normalized spacial score (nSPS) is 16.4. The van der Waals surface area contributed by atoms with Crippen molar-refractivity contribution in [3.63, 3.8) is 0 Å². The number of aromatic nitrogens is 3. The number of likely N-dealkylation sites (tertiary alicyclic amines) is 1. The molecule has 1 aromatic heterocycles. The summed E-state index contributed by atoms with van der Waals surface area (Å²) in [5.74, 6) is 0.885. The molecule has 0 spiro atoms. The molecule has 26 heavy (non-hydrogen) atoms. The van der Waals surface area contributed by atoms with E-state index in [2.05, 4.69) is 38.5 Å². The van der Waals surface area contributed by atoms with Crippen LogP contribution in [0.2, 0.25) is 0 Å². The lowest BCUT2D eigenvalue weighted by Gasteiger charge is -2.32. The van der Waals surface area contributed by atoms with Crippen LogP contribution in [0.5, 0.6) is 0 Å². The van der Waals surface area contributed by atoms with E-state index in [0.717, 1.165) is 25.1 Å². The van der Waals surface area contributed by atoms with Gasteiger partial charge in [0.05, 0.1) is 17.8 Å². The molecule has 1 fully saturated rings. The fourth-order valence-corrected chi connectivity index (χ4v) is 2.81. The Morgan fingerprint density at radius 1 is 1.38 bits per heavy atom. The maximum atomic E-state index is 11.8. The summed E-state index contributed by atoms with van der Waals surface area (Å²) in [6, 6.07) is 9.20. The predicted molar refractivity (Wildman–Crippen MR) is 97.7 cm³/mol. The van der Waals surface area contributed by atoms with Gasteiger partial charge in [0, 0.05) is 24.8 Å². The summed E-state index contributed by atoms with van der Waals surface area (Å²) >= 11 is 0. The highest BCUT2D eigenvalue weighted by molar-refractivity contribution is 5.87. The molecule has 1 aliphatic heterocycles. The molecule has 3 rings (SSSR count). The van der Waals surface area contributed by atoms with Crippen molar-refractivity contribution in [2.45, 2.75) is 18.9 Å². The van der Waals surface area contributed by atoms with Gasteiger partial charge in [0.25, 0.3) is 0 Å². The lowest BCUT2D eigenvalue weighted by atomic mass is 10.1. The standard InChI is InChI=1S/C18H19N7O/c1-2-17(26)25-9-3-4-15(12-25)22-18-23-16(11-20-24-18)21-14-7-5-13(10-19)6-8-14/h2,5-8,11,15H,1,3-4,9,12H2,(H2,21,22,23,24). The first kappa shape index (κ1) is 17.4. The number of anilines is 3. The van der Waals surface area contributed by atoms with Gasteiger partial charge in [0.15, 0.2) is 5.82 Å². The zero-order chi connectivity index (χ0) is 18.4. The van der Waals surface area contributed by atoms with E-state index in [-0.39, 0.29) is 11.9 Å². The molecule has 2 aromatic rings. The number of hydrogen-bond donors (Lipinski definition) is 2. The van der Waals surface area contributed by atoms with E-state index in [4.69, 9.17) is 5.26 Å². The fourth-order valence-electron chi connectivity index (χ4n) is 2.81. The van der Waals surface area contributed by atoms with Crippen molar-refractivity contribution < 1.29 is 4.79 Å².